The monoisotopic (exact) mass is 408 g/mol. The van der Waals surface area contributed by atoms with E-state index in [9.17, 15) is 13.2 Å². The van der Waals surface area contributed by atoms with Gasteiger partial charge in [-0.05, 0) is 49.2 Å². The summed E-state index contributed by atoms with van der Waals surface area (Å²) < 4.78 is 32.0. The van der Waals surface area contributed by atoms with Gasteiger partial charge >= 0.3 is 0 Å². The average molecular weight is 409 g/mol. The largest absolute Gasteiger partial charge is 0.492 e. The Bertz CT molecular complexity index is 894. The van der Waals surface area contributed by atoms with Crippen molar-refractivity contribution in [1.29, 1.82) is 0 Å². The summed E-state index contributed by atoms with van der Waals surface area (Å²) in [6, 6.07) is 13.2. The Morgan fingerprint density at radius 2 is 1.74 bits per heavy atom. The van der Waals surface area contributed by atoms with Crippen LogP contribution >= 0.6 is 11.6 Å². The lowest BCUT2D eigenvalue weighted by molar-refractivity contribution is 0.0947. The molecule has 0 aromatic heterocycles. The molecule has 1 aliphatic rings. The maximum atomic E-state index is 12.5. The first-order valence-electron chi connectivity index (χ1n) is 8.74. The molecule has 1 fully saturated rings. The van der Waals surface area contributed by atoms with Gasteiger partial charge in [-0.1, -0.05) is 23.7 Å². The second kappa shape index (κ2) is 8.73. The molecular formula is C19H21ClN2O4S. The molecule has 2 aromatic rings. The molecule has 0 spiro atoms. The van der Waals surface area contributed by atoms with E-state index in [1.54, 1.807) is 48.5 Å². The molecule has 0 bridgehead atoms. The van der Waals surface area contributed by atoms with Crippen molar-refractivity contribution in [2.75, 3.05) is 26.2 Å². The van der Waals surface area contributed by atoms with Gasteiger partial charge in [0.25, 0.3) is 5.91 Å². The third-order valence-electron chi connectivity index (χ3n) is 4.30. The highest BCUT2D eigenvalue weighted by atomic mass is 35.5. The zero-order chi connectivity index (χ0) is 19.3. The van der Waals surface area contributed by atoms with Crippen LogP contribution in [-0.2, 0) is 10.0 Å². The smallest absolute Gasteiger partial charge is 0.252 e. The van der Waals surface area contributed by atoms with Crippen molar-refractivity contribution in [2.24, 2.45) is 0 Å². The van der Waals surface area contributed by atoms with Crippen molar-refractivity contribution in [3.8, 4) is 5.75 Å². The van der Waals surface area contributed by atoms with Crippen molar-refractivity contribution in [2.45, 2.75) is 17.7 Å². The molecule has 0 saturated carbocycles. The van der Waals surface area contributed by atoms with E-state index in [1.165, 1.54) is 4.31 Å². The van der Waals surface area contributed by atoms with Crippen LogP contribution in [0.5, 0.6) is 5.75 Å². The summed E-state index contributed by atoms with van der Waals surface area (Å²) in [5.74, 6) is 0.276. The van der Waals surface area contributed by atoms with E-state index in [4.69, 9.17) is 16.3 Å². The van der Waals surface area contributed by atoms with Crippen LogP contribution in [0.25, 0.3) is 0 Å². The molecule has 0 radical (unpaired) electrons. The number of carbonyl (C=O) groups excluding carboxylic acids is 1. The van der Waals surface area contributed by atoms with Gasteiger partial charge in [-0.15, -0.1) is 0 Å². The average Bonchev–Trinajstić information content (AvgIpc) is 3.21. The SMILES string of the molecule is O=C(NCCOc1ccc(S(=O)(=O)N2CCCC2)cc1)c1ccccc1Cl. The van der Waals surface area contributed by atoms with Gasteiger partial charge in [0.15, 0.2) is 0 Å². The molecule has 6 nitrogen and oxygen atoms in total. The van der Waals surface area contributed by atoms with Crippen LogP contribution in [-0.4, -0.2) is 44.9 Å². The first-order valence-corrected chi connectivity index (χ1v) is 10.6. The molecule has 27 heavy (non-hydrogen) atoms. The molecule has 1 saturated heterocycles. The highest BCUT2D eigenvalue weighted by molar-refractivity contribution is 7.89. The second-order valence-corrected chi connectivity index (χ2v) is 8.51. The molecule has 0 atom stereocenters. The van der Waals surface area contributed by atoms with Crippen molar-refractivity contribution in [1.82, 2.24) is 9.62 Å². The van der Waals surface area contributed by atoms with Gasteiger partial charge in [0.2, 0.25) is 10.0 Å². The fourth-order valence-electron chi connectivity index (χ4n) is 2.86. The zero-order valence-corrected chi connectivity index (χ0v) is 16.3. The van der Waals surface area contributed by atoms with Gasteiger partial charge in [0.1, 0.15) is 12.4 Å². The van der Waals surface area contributed by atoms with E-state index >= 15 is 0 Å². The van der Waals surface area contributed by atoms with Crippen LogP contribution in [0.3, 0.4) is 0 Å². The minimum atomic E-state index is -3.42. The van der Waals surface area contributed by atoms with Crippen LogP contribution in [0.15, 0.2) is 53.4 Å². The molecule has 1 amide bonds. The van der Waals surface area contributed by atoms with Crippen molar-refractivity contribution < 1.29 is 17.9 Å². The highest BCUT2D eigenvalue weighted by Gasteiger charge is 2.26. The third-order valence-corrected chi connectivity index (χ3v) is 6.54. The van der Waals surface area contributed by atoms with Crippen LogP contribution in [0, 0.1) is 0 Å². The van der Waals surface area contributed by atoms with Gasteiger partial charge in [-0.25, -0.2) is 8.42 Å². The molecule has 144 valence electrons. The molecule has 1 heterocycles. The Labute approximate surface area is 164 Å². The Morgan fingerprint density at radius 3 is 2.41 bits per heavy atom. The molecule has 2 aromatic carbocycles. The summed E-state index contributed by atoms with van der Waals surface area (Å²) in [5, 5.41) is 3.13. The number of rotatable bonds is 7. The molecule has 1 aliphatic heterocycles. The number of nitrogens with zero attached hydrogens (tertiary/aromatic N) is 1. The maximum absolute atomic E-state index is 12.5. The lowest BCUT2D eigenvalue weighted by Crippen LogP contribution is -2.28. The number of benzene rings is 2. The van der Waals surface area contributed by atoms with E-state index in [1.807, 2.05) is 0 Å². The molecular weight excluding hydrogens is 388 g/mol. The number of nitrogens with one attached hydrogen (secondary N) is 1. The normalized spacial score (nSPS) is 14.9. The fraction of sp³-hybridized carbons (Fsp3) is 0.316. The number of ether oxygens (including phenoxy) is 1. The Kier molecular flexibility index (Phi) is 6.36. The van der Waals surface area contributed by atoms with Crippen molar-refractivity contribution >= 4 is 27.5 Å². The van der Waals surface area contributed by atoms with Gasteiger partial charge in [-0.2, -0.15) is 4.31 Å². The van der Waals surface area contributed by atoms with E-state index in [-0.39, 0.29) is 17.4 Å². The summed E-state index contributed by atoms with van der Waals surface area (Å²) in [4.78, 5) is 12.3. The first kappa shape index (κ1) is 19.7. The van der Waals surface area contributed by atoms with Gasteiger partial charge < -0.3 is 10.1 Å². The predicted octanol–water partition coefficient (Wildman–Crippen LogP) is 2.93. The predicted molar refractivity (Wildman–Crippen MR) is 104 cm³/mol. The summed E-state index contributed by atoms with van der Waals surface area (Å²) in [6.45, 7) is 1.71. The molecule has 8 heteroatoms. The highest BCUT2D eigenvalue weighted by Crippen LogP contribution is 2.22. The fourth-order valence-corrected chi connectivity index (χ4v) is 4.60. The van der Waals surface area contributed by atoms with Crippen LogP contribution in [0.4, 0.5) is 0 Å². The molecule has 0 unspecified atom stereocenters. The minimum absolute atomic E-state index is 0.258. The maximum Gasteiger partial charge on any atom is 0.252 e. The minimum Gasteiger partial charge on any atom is -0.492 e. The van der Waals surface area contributed by atoms with Crippen molar-refractivity contribution in [3.63, 3.8) is 0 Å². The number of sulfonamides is 1. The number of hydrogen-bond acceptors (Lipinski definition) is 4. The lowest BCUT2D eigenvalue weighted by atomic mass is 10.2. The number of amides is 1. The van der Waals surface area contributed by atoms with E-state index in [2.05, 4.69) is 5.32 Å². The van der Waals surface area contributed by atoms with Crippen LogP contribution in [0.2, 0.25) is 5.02 Å². The lowest BCUT2D eigenvalue weighted by Gasteiger charge is -2.15. The Morgan fingerprint density at radius 1 is 1.07 bits per heavy atom. The number of hydrogen-bond donors (Lipinski definition) is 1. The van der Waals surface area contributed by atoms with Gasteiger partial charge in [0.05, 0.1) is 22.0 Å². The van der Waals surface area contributed by atoms with Gasteiger partial charge in [-0.3, -0.25) is 4.79 Å². The zero-order valence-electron chi connectivity index (χ0n) is 14.7. The number of halogens is 1. The van der Waals surface area contributed by atoms with Crippen LogP contribution < -0.4 is 10.1 Å². The summed E-state index contributed by atoms with van der Waals surface area (Å²) in [7, 11) is -3.42. The quantitative estimate of drug-likeness (QED) is 0.714. The van der Waals surface area contributed by atoms with Gasteiger partial charge in [0, 0.05) is 13.1 Å². The van der Waals surface area contributed by atoms with E-state index in [0.717, 1.165) is 12.8 Å². The topological polar surface area (TPSA) is 75.7 Å². The second-order valence-electron chi connectivity index (χ2n) is 6.17. The van der Waals surface area contributed by atoms with E-state index in [0.29, 0.717) is 36.0 Å². The Hall–Kier alpha value is -2.09. The number of carbonyl (C=O) groups is 1. The molecule has 3 rings (SSSR count). The Balaban J connectivity index is 1.49. The standard InChI is InChI=1S/C19H21ClN2O4S/c20-18-6-2-1-5-17(18)19(23)21-11-14-26-15-7-9-16(10-8-15)27(24,25)22-12-3-4-13-22/h1-2,5-10H,3-4,11-14H2,(H,21,23). The molecule has 0 aliphatic carbocycles. The van der Waals surface area contributed by atoms with E-state index < -0.39 is 10.0 Å². The van der Waals surface area contributed by atoms with Crippen LogP contribution in [0.1, 0.15) is 23.2 Å². The molecule has 1 N–H and O–H groups in total. The van der Waals surface area contributed by atoms with Crippen molar-refractivity contribution in [3.05, 3.63) is 59.1 Å². The summed E-state index contributed by atoms with van der Waals surface area (Å²) in [5.41, 5.74) is 0.413. The third kappa shape index (κ3) is 4.80. The summed E-state index contributed by atoms with van der Waals surface area (Å²) >= 11 is 5.98. The summed E-state index contributed by atoms with van der Waals surface area (Å²) in [6.07, 6.45) is 1.81. The first-order chi connectivity index (χ1) is 13.0.